The zero-order valence-corrected chi connectivity index (χ0v) is 27.3. The zero-order valence-electron chi connectivity index (χ0n) is 27.3. The lowest BCUT2D eigenvalue weighted by Gasteiger charge is -2.13. The Labute approximate surface area is 292 Å². The van der Waals surface area contributed by atoms with Crippen molar-refractivity contribution in [2.75, 3.05) is 0 Å². The van der Waals surface area contributed by atoms with Gasteiger partial charge in [-0.05, 0) is 68.0 Å². The Bertz CT molecular complexity index is 3160. The molecular weight excluding hydrogens is 623 g/mol. The van der Waals surface area contributed by atoms with Gasteiger partial charge in [-0.3, -0.25) is 4.40 Å². The molecule has 0 spiro atoms. The Kier molecular flexibility index (Phi) is 5.89. The van der Waals surface area contributed by atoms with Crippen molar-refractivity contribution in [3.05, 3.63) is 164 Å². The highest BCUT2D eigenvalue weighted by Gasteiger charge is 2.18. The maximum Gasteiger partial charge on any atom is 0.164 e. The van der Waals surface area contributed by atoms with E-state index in [1.165, 1.54) is 37.7 Å². The number of para-hydroxylation sites is 3. The van der Waals surface area contributed by atoms with E-state index in [1.807, 2.05) is 24.3 Å². The summed E-state index contributed by atoms with van der Waals surface area (Å²) in [6, 6.07) is 57.4. The average molecular weight is 650 g/mol. The van der Waals surface area contributed by atoms with E-state index in [0.717, 1.165) is 49.7 Å². The fourth-order valence-corrected chi connectivity index (χ4v) is 7.85. The number of rotatable bonds is 3. The summed E-state index contributed by atoms with van der Waals surface area (Å²) in [4.78, 5) is 20.5. The van der Waals surface area contributed by atoms with Gasteiger partial charge in [0.1, 0.15) is 5.65 Å². The summed E-state index contributed by atoms with van der Waals surface area (Å²) in [6.45, 7) is 0. The van der Waals surface area contributed by atoms with Crippen molar-refractivity contribution in [1.82, 2.24) is 24.3 Å². The smallest absolute Gasteiger partial charge is 0.164 e. The number of benzene rings is 8. The SMILES string of the molecule is c1ccc(-c2nc(-c3ccc4c5ccccc5c5ccccc5c4c3)nc(-c3ccc4c5ccccc5n5c6ccccc6nc5c4c3)n2)cc1. The first kappa shape index (κ1) is 27.9. The monoisotopic (exact) mass is 649 g/mol. The molecule has 8 aromatic carbocycles. The number of aromatic nitrogens is 5. The lowest BCUT2D eigenvalue weighted by atomic mass is 9.93. The van der Waals surface area contributed by atoms with Crippen LogP contribution >= 0.6 is 0 Å². The van der Waals surface area contributed by atoms with E-state index in [0.29, 0.717) is 17.5 Å². The third-order valence-corrected chi connectivity index (χ3v) is 10.2. The van der Waals surface area contributed by atoms with Crippen LogP contribution in [0.5, 0.6) is 0 Å². The van der Waals surface area contributed by atoms with E-state index in [2.05, 4.69) is 144 Å². The van der Waals surface area contributed by atoms with Gasteiger partial charge < -0.3 is 0 Å². The summed E-state index contributed by atoms with van der Waals surface area (Å²) in [6.07, 6.45) is 0. The van der Waals surface area contributed by atoms with Gasteiger partial charge in [0.25, 0.3) is 0 Å². The Morgan fingerprint density at radius 1 is 0.294 bits per heavy atom. The van der Waals surface area contributed by atoms with Crippen LogP contribution in [0.4, 0.5) is 0 Å². The first-order valence-corrected chi connectivity index (χ1v) is 17.2. The summed E-state index contributed by atoms with van der Waals surface area (Å²) < 4.78 is 2.27. The van der Waals surface area contributed by atoms with Crippen molar-refractivity contribution < 1.29 is 0 Å². The first-order valence-electron chi connectivity index (χ1n) is 17.2. The van der Waals surface area contributed by atoms with Gasteiger partial charge in [0.05, 0.1) is 16.6 Å². The summed E-state index contributed by atoms with van der Waals surface area (Å²) in [7, 11) is 0. The van der Waals surface area contributed by atoms with Crippen molar-refractivity contribution in [3.8, 4) is 34.2 Å². The van der Waals surface area contributed by atoms with Gasteiger partial charge in [-0.25, -0.2) is 19.9 Å². The van der Waals surface area contributed by atoms with E-state index in [1.54, 1.807) is 0 Å². The van der Waals surface area contributed by atoms with E-state index in [-0.39, 0.29) is 0 Å². The highest BCUT2D eigenvalue weighted by Crippen LogP contribution is 2.38. The van der Waals surface area contributed by atoms with Crippen LogP contribution in [0.2, 0.25) is 0 Å². The van der Waals surface area contributed by atoms with Crippen molar-refractivity contribution >= 4 is 70.7 Å². The predicted octanol–water partition coefficient (Wildman–Crippen LogP) is 11.4. The van der Waals surface area contributed by atoms with Gasteiger partial charge in [0.2, 0.25) is 0 Å². The molecule has 0 aliphatic carbocycles. The van der Waals surface area contributed by atoms with E-state index < -0.39 is 0 Å². The van der Waals surface area contributed by atoms with Crippen LogP contribution < -0.4 is 0 Å². The number of nitrogens with zero attached hydrogens (tertiary/aromatic N) is 5. The van der Waals surface area contributed by atoms with Crippen molar-refractivity contribution in [1.29, 1.82) is 0 Å². The minimum absolute atomic E-state index is 0.617. The molecule has 11 aromatic rings. The normalized spacial score (nSPS) is 11.9. The summed E-state index contributed by atoms with van der Waals surface area (Å²) >= 11 is 0. The highest BCUT2D eigenvalue weighted by atomic mass is 15.0. The molecule has 0 unspecified atom stereocenters. The lowest BCUT2D eigenvalue weighted by molar-refractivity contribution is 1.08. The third-order valence-electron chi connectivity index (χ3n) is 10.2. The highest BCUT2D eigenvalue weighted by molar-refractivity contribution is 6.25. The minimum atomic E-state index is 0.617. The molecule has 11 rings (SSSR count). The third kappa shape index (κ3) is 4.22. The summed E-state index contributed by atoms with van der Waals surface area (Å²) in [5, 5.41) is 10.7. The van der Waals surface area contributed by atoms with Crippen LogP contribution in [-0.4, -0.2) is 24.3 Å². The average Bonchev–Trinajstić information content (AvgIpc) is 3.61. The van der Waals surface area contributed by atoms with Gasteiger partial charge in [-0.15, -0.1) is 0 Å². The molecule has 0 atom stereocenters. The minimum Gasteiger partial charge on any atom is -0.292 e. The van der Waals surface area contributed by atoms with Crippen molar-refractivity contribution in [2.45, 2.75) is 0 Å². The van der Waals surface area contributed by atoms with Gasteiger partial charge in [-0.1, -0.05) is 133 Å². The second-order valence-corrected chi connectivity index (χ2v) is 13.1. The quantitative estimate of drug-likeness (QED) is 0.179. The van der Waals surface area contributed by atoms with Crippen molar-refractivity contribution in [2.24, 2.45) is 0 Å². The number of hydrogen-bond acceptors (Lipinski definition) is 4. The number of imidazole rings is 1. The topological polar surface area (TPSA) is 56.0 Å². The number of fused-ring (bicyclic) bond motifs is 14. The summed E-state index contributed by atoms with van der Waals surface area (Å²) in [5.41, 5.74) is 6.88. The first-order chi connectivity index (χ1) is 25.3. The van der Waals surface area contributed by atoms with Crippen molar-refractivity contribution in [3.63, 3.8) is 0 Å². The van der Waals surface area contributed by atoms with Crippen LogP contribution in [0.25, 0.3) is 105 Å². The number of pyridine rings is 1. The van der Waals surface area contributed by atoms with Crippen LogP contribution in [0.3, 0.4) is 0 Å². The van der Waals surface area contributed by atoms with E-state index in [4.69, 9.17) is 19.9 Å². The van der Waals surface area contributed by atoms with Gasteiger partial charge in [0.15, 0.2) is 17.5 Å². The van der Waals surface area contributed by atoms with Gasteiger partial charge in [-0.2, -0.15) is 0 Å². The predicted molar refractivity (Wildman–Crippen MR) is 210 cm³/mol. The molecule has 236 valence electrons. The van der Waals surface area contributed by atoms with E-state index >= 15 is 0 Å². The van der Waals surface area contributed by atoms with Crippen LogP contribution in [-0.2, 0) is 0 Å². The largest absolute Gasteiger partial charge is 0.292 e. The fraction of sp³-hybridized carbons (Fsp3) is 0. The zero-order chi connectivity index (χ0) is 33.5. The molecule has 3 heterocycles. The van der Waals surface area contributed by atoms with Crippen LogP contribution in [0, 0.1) is 0 Å². The standard InChI is InChI=1S/C46H27N5/c1-2-12-28(13-3-1)43-48-44(29-22-24-35-33-16-5-4-14-31(33)32-15-6-7-17-34(32)38(35)26-29)50-45(49-43)30-23-25-36-37-18-8-10-20-41(37)51-42-21-11-9-19-40(42)47-46(51)39(36)27-30/h1-27H. The molecule has 0 aliphatic heterocycles. The fourth-order valence-electron chi connectivity index (χ4n) is 7.85. The van der Waals surface area contributed by atoms with Crippen LogP contribution in [0.15, 0.2) is 164 Å². The molecule has 0 N–H and O–H groups in total. The van der Waals surface area contributed by atoms with Gasteiger partial charge in [0, 0.05) is 27.5 Å². The van der Waals surface area contributed by atoms with Crippen LogP contribution in [0.1, 0.15) is 0 Å². The molecule has 3 aromatic heterocycles. The summed E-state index contributed by atoms with van der Waals surface area (Å²) in [5.74, 6) is 1.88. The molecule has 5 heteroatoms. The molecule has 0 radical (unpaired) electrons. The van der Waals surface area contributed by atoms with Gasteiger partial charge >= 0.3 is 0 Å². The molecule has 0 amide bonds. The Balaban J connectivity index is 1.17. The second kappa shape index (κ2) is 10.8. The lowest BCUT2D eigenvalue weighted by Crippen LogP contribution is -2.00. The molecule has 0 saturated heterocycles. The maximum absolute atomic E-state index is 5.19. The Hall–Kier alpha value is -6.98. The molecule has 0 aliphatic rings. The second-order valence-electron chi connectivity index (χ2n) is 13.1. The maximum atomic E-state index is 5.19. The molecule has 0 fully saturated rings. The Morgan fingerprint density at radius 2 is 0.745 bits per heavy atom. The molecule has 0 saturated carbocycles. The molecule has 0 bridgehead atoms. The molecular formula is C46H27N5. The molecule has 51 heavy (non-hydrogen) atoms. The molecule has 5 nitrogen and oxygen atoms in total. The number of hydrogen-bond donors (Lipinski definition) is 0. The Morgan fingerprint density at radius 3 is 1.39 bits per heavy atom. The van der Waals surface area contributed by atoms with E-state index in [9.17, 15) is 0 Å².